The number of hydrogen-bond acceptors (Lipinski definition) is 4. The number of amides is 1. The fourth-order valence-corrected chi connectivity index (χ4v) is 4.44. The third kappa shape index (κ3) is 6.20. The minimum atomic E-state index is -4.56. The summed E-state index contributed by atoms with van der Waals surface area (Å²) in [6.07, 6.45) is -1.67. The van der Waals surface area contributed by atoms with Crippen molar-refractivity contribution in [3.63, 3.8) is 0 Å². The Morgan fingerprint density at radius 3 is 2.39 bits per heavy atom. The molecule has 2 heterocycles. The van der Waals surface area contributed by atoms with E-state index in [1.54, 1.807) is 41.4 Å². The van der Waals surface area contributed by atoms with Gasteiger partial charge in [-0.15, -0.1) is 0 Å². The maximum atomic E-state index is 13.8. The van der Waals surface area contributed by atoms with Crippen molar-refractivity contribution in [1.82, 2.24) is 15.2 Å². The van der Waals surface area contributed by atoms with Gasteiger partial charge in [-0.1, -0.05) is 30.3 Å². The van der Waals surface area contributed by atoms with Crippen LogP contribution in [0, 0.1) is 11.7 Å². The van der Waals surface area contributed by atoms with E-state index in [1.165, 1.54) is 30.3 Å². The summed E-state index contributed by atoms with van der Waals surface area (Å²) < 4.78 is 59.5. The van der Waals surface area contributed by atoms with E-state index in [2.05, 4.69) is 10.3 Å². The smallest absolute Gasteiger partial charge is 0.419 e. The average molecular weight is 502 g/mol. The van der Waals surface area contributed by atoms with Crippen LogP contribution in [0.4, 0.5) is 17.6 Å². The molecule has 1 fully saturated rings. The van der Waals surface area contributed by atoms with E-state index < -0.39 is 23.6 Å². The quantitative estimate of drug-likeness (QED) is 0.429. The second kappa shape index (κ2) is 11.5. The molecule has 190 valence electrons. The molecule has 36 heavy (non-hydrogen) atoms. The van der Waals surface area contributed by atoms with E-state index in [0.717, 1.165) is 6.07 Å². The van der Waals surface area contributed by atoms with Crippen LogP contribution in [0.2, 0.25) is 0 Å². The fourth-order valence-electron chi connectivity index (χ4n) is 4.44. The molecule has 0 bridgehead atoms. The molecule has 0 spiro atoms. The Kier molecular flexibility index (Phi) is 8.20. The zero-order valence-corrected chi connectivity index (χ0v) is 19.5. The molecule has 0 aliphatic carbocycles. The molecular formula is C27H27F4N3O2. The van der Waals surface area contributed by atoms with Crippen molar-refractivity contribution in [3.05, 3.63) is 95.6 Å². The first kappa shape index (κ1) is 25.6. The topological polar surface area (TPSA) is 54.5 Å². The number of para-hydroxylation sites is 1. The van der Waals surface area contributed by atoms with Crippen LogP contribution in [0.1, 0.15) is 35.7 Å². The monoisotopic (exact) mass is 501 g/mol. The maximum Gasteiger partial charge on any atom is 0.419 e. The number of piperidine rings is 1. The number of nitrogens with zero attached hydrogens (tertiary/aromatic N) is 2. The largest absolute Gasteiger partial charge is 0.491 e. The molecule has 3 aromatic rings. The molecule has 2 aromatic carbocycles. The summed E-state index contributed by atoms with van der Waals surface area (Å²) in [5, 5.41) is 3.24. The van der Waals surface area contributed by atoms with E-state index in [-0.39, 0.29) is 30.7 Å². The summed E-state index contributed by atoms with van der Waals surface area (Å²) >= 11 is 0. The van der Waals surface area contributed by atoms with Gasteiger partial charge in [-0.05, 0) is 67.9 Å². The zero-order chi connectivity index (χ0) is 25.5. The molecule has 1 saturated heterocycles. The van der Waals surface area contributed by atoms with Gasteiger partial charge in [-0.2, -0.15) is 13.2 Å². The number of carbonyl (C=O) groups is 1. The van der Waals surface area contributed by atoms with Crippen molar-refractivity contribution in [2.75, 3.05) is 26.2 Å². The minimum absolute atomic E-state index is 0.0214. The third-order valence-corrected chi connectivity index (χ3v) is 6.22. The Bertz CT molecular complexity index is 1130. The Hall–Kier alpha value is -3.46. The van der Waals surface area contributed by atoms with Gasteiger partial charge in [-0.3, -0.25) is 9.78 Å². The fraction of sp³-hybridized carbons (Fsp3) is 0.333. The van der Waals surface area contributed by atoms with Gasteiger partial charge in [0.1, 0.15) is 18.2 Å². The van der Waals surface area contributed by atoms with Crippen molar-refractivity contribution in [2.24, 2.45) is 5.92 Å². The van der Waals surface area contributed by atoms with Gasteiger partial charge in [-0.25, -0.2) is 4.39 Å². The van der Waals surface area contributed by atoms with E-state index in [4.69, 9.17) is 4.74 Å². The molecule has 1 atom stereocenters. The number of alkyl halides is 3. The number of aromatic nitrogens is 1. The number of rotatable bonds is 8. The summed E-state index contributed by atoms with van der Waals surface area (Å²) in [5.41, 5.74) is 0.344. The molecule has 0 saturated carbocycles. The highest BCUT2D eigenvalue weighted by atomic mass is 19.4. The summed E-state index contributed by atoms with van der Waals surface area (Å²) in [4.78, 5) is 19.8. The minimum Gasteiger partial charge on any atom is -0.491 e. The molecule has 1 aromatic heterocycles. The van der Waals surface area contributed by atoms with Crippen LogP contribution in [0.3, 0.4) is 0 Å². The van der Waals surface area contributed by atoms with Crippen molar-refractivity contribution < 1.29 is 27.1 Å². The van der Waals surface area contributed by atoms with Gasteiger partial charge in [0.2, 0.25) is 5.91 Å². The van der Waals surface area contributed by atoms with Crippen LogP contribution in [0.5, 0.6) is 5.75 Å². The van der Waals surface area contributed by atoms with Crippen molar-refractivity contribution in [2.45, 2.75) is 25.1 Å². The van der Waals surface area contributed by atoms with Gasteiger partial charge in [0.05, 0.1) is 23.8 Å². The highest BCUT2D eigenvalue weighted by molar-refractivity contribution is 5.80. The highest BCUT2D eigenvalue weighted by Gasteiger charge is 2.35. The summed E-state index contributed by atoms with van der Waals surface area (Å²) in [6, 6.07) is 15.5. The van der Waals surface area contributed by atoms with E-state index in [1.807, 2.05) is 0 Å². The van der Waals surface area contributed by atoms with Crippen LogP contribution < -0.4 is 10.1 Å². The summed E-state index contributed by atoms with van der Waals surface area (Å²) in [7, 11) is 0. The second-order valence-electron chi connectivity index (χ2n) is 8.61. The molecule has 1 amide bonds. The lowest BCUT2D eigenvalue weighted by molar-refractivity contribution is -0.141. The number of halogens is 4. The third-order valence-electron chi connectivity index (χ3n) is 6.22. The Morgan fingerprint density at radius 2 is 1.72 bits per heavy atom. The number of benzene rings is 2. The number of pyridine rings is 1. The van der Waals surface area contributed by atoms with Gasteiger partial charge < -0.3 is 15.0 Å². The normalized spacial score (nSPS) is 15.3. The van der Waals surface area contributed by atoms with Gasteiger partial charge >= 0.3 is 6.18 Å². The number of ether oxygens (including phenoxy) is 1. The number of hydrogen-bond donors (Lipinski definition) is 1. The Balaban J connectivity index is 1.65. The average Bonchev–Trinajstić information content (AvgIpc) is 2.89. The van der Waals surface area contributed by atoms with Crippen LogP contribution >= 0.6 is 0 Å². The number of nitrogens with one attached hydrogen (secondary N) is 1. The lowest BCUT2D eigenvalue weighted by Crippen LogP contribution is -2.45. The lowest BCUT2D eigenvalue weighted by Gasteiger charge is -2.35. The first-order chi connectivity index (χ1) is 17.3. The molecule has 5 nitrogen and oxygen atoms in total. The van der Waals surface area contributed by atoms with Crippen molar-refractivity contribution in [3.8, 4) is 5.75 Å². The van der Waals surface area contributed by atoms with Crippen LogP contribution in [0.15, 0.2) is 72.9 Å². The highest BCUT2D eigenvalue weighted by Crippen LogP contribution is 2.36. The molecule has 1 aliphatic heterocycles. The van der Waals surface area contributed by atoms with Crippen molar-refractivity contribution >= 4 is 5.91 Å². The van der Waals surface area contributed by atoms with Crippen LogP contribution in [-0.2, 0) is 11.0 Å². The van der Waals surface area contributed by atoms with E-state index in [0.29, 0.717) is 37.2 Å². The predicted molar refractivity (Wildman–Crippen MR) is 127 cm³/mol. The van der Waals surface area contributed by atoms with Gasteiger partial charge in [0, 0.05) is 12.1 Å². The Morgan fingerprint density at radius 1 is 1.03 bits per heavy atom. The standard InChI is InChI=1S/C27H27F4N3O2/c28-21-10-8-19(9-11-21)25(23-6-3-4-14-33-23)34(26(35)20-12-15-32-16-13-20)17-18-36-24-7-2-1-5-22(24)27(29,30)31/h1-11,14,20,25,32H,12-13,15-18H2. The Labute approximate surface area is 207 Å². The summed E-state index contributed by atoms with van der Waals surface area (Å²) in [5.74, 6) is -1.10. The summed E-state index contributed by atoms with van der Waals surface area (Å²) in [6.45, 7) is 1.26. The molecule has 1 unspecified atom stereocenters. The zero-order valence-electron chi connectivity index (χ0n) is 19.5. The first-order valence-corrected chi connectivity index (χ1v) is 11.8. The molecular weight excluding hydrogens is 474 g/mol. The van der Waals surface area contributed by atoms with E-state index >= 15 is 0 Å². The van der Waals surface area contributed by atoms with Crippen LogP contribution in [-0.4, -0.2) is 42.0 Å². The molecule has 4 rings (SSSR count). The van der Waals surface area contributed by atoms with Gasteiger partial charge in [0.15, 0.2) is 0 Å². The maximum absolute atomic E-state index is 13.8. The number of carbonyl (C=O) groups excluding carboxylic acids is 1. The molecule has 1 aliphatic rings. The molecule has 0 radical (unpaired) electrons. The van der Waals surface area contributed by atoms with Crippen LogP contribution in [0.25, 0.3) is 0 Å². The molecule has 9 heteroatoms. The van der Waals surface area contributed by atoms with E-state index in [9.17, 15) is 22.4 Å². The first-order valence-electron chi connectivity index (χ1n) is 11.8. The molecule has 1 N–H and O–H groups in total. The lowest BCUT2D eigenvalue weighted by atomic mass is 9.93. The SMILES string of the molecule is O=C(C1CCNCC1)N(CCOc1ccccc1C(F)(F)F)C(c1ccc(F)cc1)c1ccccn1. The second-order valence-corrected chi connectivity index (χ2v) is 8.61. The van der Waals surface area contributed by atoms with Gasteiger partial charge in [0.25, 0.3) is 0 Å². The predicted octanol–water partition coefficient (Wildman–Crippen LogP) is 5.24. The van der Waals surface area contributed by atoms with Crippen molar-refractivity contribution in [1.29, 1.82) is 0 Å².